The summed E-state index contributed by atoms with van der Waals surface area (Å²) in [5.74, 6) is -1.60. The van der Waals surface area contributed by atoms with E-state index in [2.05, 4.69) is 4.98 Å². The summed E-state index contributed by atoms with van der Waals surface area (Å²) >= 11 is 0. The van der Waals surface area contributed by atoms with Crippen molar-refractivity contribution in [2.24, 2.45) is 0 Å². The van der Waals surface area contributed by atoms with Crippen molar-refractivity contribution < 1.29 is 19.3 Å². The molecule has 5 rings (SSSR count). The van der Waals surface area contributed by atoms with Crippen LogP contribution in [0.1, 0.15) is 28.7 Å². The van der Waals surface area contributed by atoms with E-state index in [0.717, 1.165) is 16.7 Å². The predicted octanol–water partition coefficient (Wildman–Crippen LogP) is 3.30. The van der Waals surface area contributed by atoms with Gasteiger partial charge < -0.3 is 19.3 Å². The Morgan fingerprint density at radius 1 is 0.897 bits per heavy atom. The lowest BCUT2D eigenvalue weighted by molar-refractivity contribution is -0.324. The van der Waals surface area contributed by atoms with Crippen LogP contribution in [0.15, 0.2) is 107 Å². The molecule has 8 heteroatoms. The highest BCUT2D eigenvalue weighted by molar-refractivity contribution is 5.55. The molecular weight excluding hydrogens is 496 g/mol. The fourth-order valence-electron chi connectivity index (χ4n) is 6.19. The molecule has 0 unspecified atom stereocenters. The Bertz CT molecular complexity index is 1430. The molecule has 3 aromatic carbocycles. The van der Waals surface area contributed by atoms with E-state index in [-0.39, 0.29) is 13.0 Å². The van der Waals surface area contributed by atoms with E-state index in [1.54, 1.807) is 6.92 Å². The molecule has 4 aromatic rings. The van der Waals surface area contributed by atoms with Gasteiger partial charge in [-0.2, -0.15) is 0 Å². The summed E-state index contributed by atoms with van der Waals surface area (Å²) in [5, 5.41) is 10.4. The minimum atomic E-state index is -1.80. The van der Waals surface area contributed by atoms with Gasteiger partial charge in [0, 0.05) is 32.4 Å². The van der Waals surface area contributed by atoms with Crippen molar-refractivity contribution >= 4 is 0 Å². The summed E-state index contributed by atoms with van der Waals surface area (Å²) in [6.07, 6.45) is 0.826. The van der Waals surface area contributed by atoms with Crippen LogP contribution in [0, 0.1) is 6.92 Å². The average Bonchev–Trinajstić information content (AvgIpc) is 3.33. The summed E-state index contributed by atoms with van der Waals surface area (Å²) in [6, 6.07) is 29.1. The van der Waals surface area contributed by atoms with Gasteiger partial charge in [-0.3, -0.25) is 14.3 Å². The number of ether oxygens (including phenoxy) is 3. The fraction of sp³-hybridized carbons (Fsp3) is 0.290. The minimum Gasteiger partial charge on any atom is -0.394 e. The predicted molar refractivity (Wildman–Crippen MR) is 147 cm³/mol. The molecule has 0 saturated carbocycles. The molecule has 2 heterocycles. The minimum absolute atomic E-state index is 0.107. The van der Waals surface area contributed by atoms with Crippen molar-refractivity contribution in [2.75, 3.05) is 20.8 Å². The molecule has 1 saturated heterocycles. The van der Waals surface area contributed by atoms with Gasteiger partial charge in [-0.05, 0) is 23.6 Å². The van der Waals surface area contributed by atoms with Crippen LogP contribution >= 0.6 is 0 Å². The van der Waals surface area contributed by atoms with E-state index in [9.17, 15) is 14.7 Å². The number of hydrogen-bond donors (Lipinski definition) is 2. The number of nitrogens with one attached hydrogen (secondary N) is 1. The molecule has 0 spiro atoms. The van der Waals surface area contributed by atoms with E-state index >= 15 is 0 Å². The summed E-state index contributed by atoms with van der Waals surface area (Å²) in [7, 11) is 2.99. The first-order valence-electron chi connectivity index (χ1n) is 12.8. The van der Waals surface area contributed by atoms with E-state index in [4.69, 9.17) is 14.2 Å². The molecule has 0 bridgehead atoms. The number of aryl methyl sites for hydroxylation is 1. The molecule has 1 aliphatic rings. The summed E-state index contributed by atoms with van der Waals surface area (Å²) < 4.78 is 20.8. The van der Waals surface area contributed by atoms with Gasteiger partial charge in [-0.15, -0.1) is 0 Å². The highest BCUT2D eigenvalue weighted by Gasteiger charge is 2.74. The van der Waals surface area contributed by atoms with Gasteiger partial charge in [0.25, 0.3) is 5.56 Å². The highest BCUT2D eigenvalue weighted by Crippen LogP contribution is 2.61. The number of hydrogen-bond acceptors (Lipinski definition) is 6. The Morgan fingerprint density at radius 2 is 1.36 bits per heavy atom. The van der Waals surface area contributed by atoms with Crippen molar-refractivity contribution in [1.82, 2.24) is 9.55 Å². The second-order valence-electron chi connectivity index (χ2n) is 9.72. The van der Waals surface area contributed by atoms with Crippen LogP contribution in [-0.2, 0) is 25.4 Å². The van der Waals surface area contributed by atoms with Crippen LogP contribution in [0.3, 0.4) is 0 Å². The molecule has 202 valence electrons. The number of nitrogens with zero attached hydrogens (tertiary/aromatic N) is 1. The number of aliphatic hydroxyl groups excluding tert-OH is 1. The molecule has 0 radical (unpaired) electrons. The van der Waals surface area contributed by atoms with Gasteiger partial charge >= 0.3 is 5.69 Å². The molecule has 8 nitrogen and oxygen atoms in total. The second kappa shape index (κ2) is 10.4. The van der Waals surface area contributed by atoms with Gasteiger partial charge in [-0.1, -0.05) is 91.0 Å². The van der Waals surface area contributed by atoms with Crippen molar-refractivity contribution in [3.05, 3.63) is 140 Å². The largest absolute Gasteiger partial charge is 0.394 e. The van der Waals surface area contributed by atoms with Crippen molar-refractivity contribution in [1.29, 1.82) is 0 Å². The lowest BCUT2D eigenvalue weighted by Gasteiger charge is -2.55. The van der Waals surface area contributed by atoms with Gasteiger partial charge in [0.15, 0.2) is 0 Å². The second-order valence-corrected chi connectivity index (χ2v) is 9.72. The topological polar surface area (TPSA) is 103 Å². The third-order valence-electron chi connectivity index (χ3n) is 7.80. The van der Waals surface area contributed by atoms with E-state index in [1.807, 2.05) is 91.0 Å². The van der Waals surface area contributed by atoms with Gasteiger partial charge in [0.2, 0.25) is 11.5 Å². The number of methoxy groups -OCH3 is 2. The van der Waals surface area contributed by atoms with Crippen LogP contribution in [0.25, 0.3) is 0 Å². The van der Waals surface area contributed by atoms with Gasteiger partial charge in [0.05, 0.1) is 18.1 Å². The molecule has 39 heavy (non-hydrogen) atoms. The maximum atomic E-state index is 13.9. The Labute approximate surface area is 226 Å². The smallest absolute Gasteiger partial charge is 0.330 e. The van der Waals surface area contributed by atoms with Crippen molar-refractivity contribution in [3.63, 3.8) is 0 Å². The molecule has 0 amide bonds. The van der Waals surface area contributed by atoms with Crippen LogP contribution in [-0.4, -0.2) is 47.4 Å². The average molecular weight is 529 g/mol. The third-order valence-corrected chi connectivity index (χ3v) is 7.80. The molecule has 1 aliphatic heterocycles. The first kappa shape index (κ1) is 26.8. The normalized spacial score (nSPS) is 20.7. The molecule has 0 aliphatic carbocycles. The highest BCUT2D eigenvalue weighted by atomic mass is 16.7. The lowest BCUT2D eigenvalue weighted by Crippen LogP contribution is -2.69. The number of aromatic amines is 1. The van der Waals surface area contributed by atoms with Crippen molar-refractivity contribution in [2.45, 2.75) is 36.4 Å². The standard InChI is InChI=1S/C31H32N2O6/c1-22-20-33(28(36)32-27(22)35)31(29(37-2,38-3)19-26(21-34)39-31)30(23-13-7-4-8-14-23,24-15-9-5-10-16-24)25-17-11-6-12-18-25/h4-18,20,26,34H,19,21H2,1-3H3,(H,32,35,36)/t26-,31-/m0/s1. The zero-order valence-electron chi connectivity index (χ0n) is 22.2. The number of aliphatic hydroxyl groups is 1. The van der Waals surface area contributed by atoms with E-state index in [0.29, 0.717) is 5.56 Å². The lowest BCUT2D eigenvalue weighted by atomic mass is 9.60. The summed E-state index contributed by atoms with van der Waals surface area (Å²) in [5.41, 5.74) is -1.63. The first-order valence-corrected chi connectivity index (χ1v) is 12.8. The third kappa shape index (κ3) is 3.83. The number of rotatable bonds is 8. The monoisotopic (exact) mass is 528 g/mol. The molecule has 1 aromatic heterocycles. The quantitative estimate of drug-likeness (QED) is 0.269. The first-order chi connectivity index (χ1) is 18.9. The Hall–Kier alpha value is -3.82. The van der Waals surface area contributed by atoms with Gasteiger partial charge in [0.1, 0.15) is 0 Å². The molecular formula is C31H32N2O6. The van der Waals surface area contributed by atoms with E-state index < -0.39 is 34.3 Å². The SMILES string of the molecule is COC1(OC)C[C@@H](CO)O[C@]1(n1cc(C)c(=O)[nH]c1=O)C(c1ccccc1)(c1ccccc1)c1ccccc1. The number of aromatic nitrogens is 2. The Morgan fingerprint density at radius 3 is 1.77 bits per heavy atom. The summed E-state index contributed by atoms with van der Waals surface area (Å²) in [4.78, 5) is 28.9. The van der Waals surface area contributed by atoms with Crippen LogP contribution in [0.4, 0.5) is 0 Å². The maximum absolute atomic E-state index is 13.9. The fourth-order valence-corrected chi connectivity index (χ4v) is 6.19. The number of benzene rings is 3. The maximum Gasteiger partial charge on any atom is 0.330 e. The molecule has 2 N–H and O–H groups in total. The van der Waals surface area contributed by atoms with Crippen LogP contribution < -0.4 is 11.2 Å². The molecule has 1 fully saturated rings. The Balaban J connectivity index is 2.11. The zero-order chi connectivity index (χ0) is 27.7. The molecule has 2 atom stereocenters. The summed E-state index contributed by atoms with van der Waals surface area (Å²) in [6.45, 7) is 1.28. The number of H-pyrrole nitrogens is 1. The van der Waals surface area contributed by atoms with Crippen LogP contribution in [0.5, 0.6) is 0 Å². The van der Waals surface area contributed by atoms with Gasteiger partial charge in [-0.25, -0.2) is 4.79 Å². The van der Waals surface area contributed by atoms with Crippen LogP contribution in [0.2, 0.25) is 0 Å². The van der Waals surface area contributed by atoms with E-state index in [1.165, 1.54) is 25.0 Å². The van der Waals surface area contributed by atoms with Crippen molar-refractivity contribution in [3.8, 4) is 0 Å². The zero-order valence-corrected chi connectivity index (χ0v) is 22.2. The Kier molecular flexibility index (Phi) is 7.13.